The molecule has 1 amide bonds. The zero-order valence-electron chi connectivity index (χ0n) is 22.8. The highest BCUT2D eigenvalue weighted by molar-refractivity contribution is 7.52. The fourth-order valence-electron chi connectivity index (χ4n) is 3.97. The normalized spacial score (nSPS) is 26.6. The molecule has 17 heteroatoms. The maximum Gasteiger partial charge on any atom is 0.490 e. The Morgan fingerprint density at radius 1 is 1.19 bits per heavy atom. The van der Waals surface area contributed by atoms with Crippen LogP contribution in [0.15, 0.2) is 42.6 Å². The Labute approximate surface area is 237 Å². The van der Waals surface area contributed by atoms with E-state index in [2.05, 4.69) is 9.82 Å². The van der Waals surface area contributed by atoms with Gasteiger partial charge in [-0.15, -0.1) is 0 Å². The molecule has 0 saturated carbocycles. The Morgan fingerprint density at radius 2 is 1.83 bits per heavy atom. The summed E-state index contributed by atoms with van der Waals surface area (Å²) < 4.78 is 94.9. The zero-order valence-corrected chi connectivity index (χ0v) is 23.7. The first-order valence-corrected chi connectivity index (χ1v) is 14.1. The highest BCUT2D eigenvalue weighted by Gasteiger charge is 2.61. The van der Waals surface area contributed by atoms with Crippen LogP contribution in [0.5, 0.6) is 5.75 Å². The zero-order chi connectivity index (χ0) is 31.5. The van der Waals surface area contributed by atoms with Gasteiger partial charge in [0.2, 0.25) is 5.91 Å². The lowest BCUT2D eigenvalue weighted by atomic mass is 9.97. The summed E-state index contributed by atoms with van der Waals surface area (Å²) in [5, 5.41) is 2.34. The molecule has 0 aromatic heterocycles. The third kappa shape index (κ3) is 8.15. The highest BCUT2D eigenvalue weighted by atomic mass is 31.2. The molecule has 2 heterocycles. The fourth-order valence-corrected chi connectivity index (χ4v) is 5.47. The van der Waals surface area contributed by atoms with E-state index in [4.69, 9.17) is 18.5 Å². The predicted molar refractivity (Wildman–Crippen MR) is 134 cm³/mol. The lowest BCUT2D eigenvalue weighted by Gasteiger charge is -2.33. The van der Waals surface area contributed by atoms with E-state index in [-0.39, 0.29) is 5.75 Å². The molecule has 1 aromatic carbocycles. The first kappa shape index (κ1) is 33.2. The summed E-state index contributed by atoms with van der Waals surface area (Å²) in [4.78, 5) is 48.7. The van der Waals surface area contributed by atoms with Crippen LogP contribution < -0.4 is 9.61 Å². The molecule has 1 saturated heterocycles. The van der Waals surface area contributed by atoms with Crippen LogP contribution in [0.25, 0.3) is 0 Å². The van der Waals surface area contributed by atoms with Gasteiger partial charge in [0.1, 0.15) is 17.9 Å². The molecule has 0 unspecified atom stereocenters. The second-order valence-corrected chi connectivity index (χ2v) is 11.5. The van der Waals surface area contributed by atoms with Gasteiger partial charge in [0, 0.05) is 6.20 Å². The van der Waals surface area contributed by atoms with E-state index >= 15 is 4.39 Å². The number of amides is 1. The first-order valence-electron chi connectivity index (χ1n) is 12.5. The van der Waals surface area contributed by atoms with Crippen LogP contribution in [0.4, 0.5) is 17.6 Å². The maximum absolute atomic E-state index is 16.1. The largest absolute Gasteiger partial charge is 0.490 e. The molecule has 3 rings (SSSR count). The van der Waals surface area contributed by atoms with Crippen molar-refractivity contribution in [2.45, 2.75) is 76.5 Å². The Kier molecular flexibility index (Phi) is 10.2. The lowest BCUT2D eigenvalue weighted by Crippen LogP contribution is -2.53. The van der Waals surface area contributed by atoms with Crippen LogP contribution in [0, 0.1) is 0 Å². The summed E-state index contributed by atoms with van der Waals surface area (Å²) in [6, 6.07) is 6.15. The summed E-state index contributed by atoms with van der Waals surface area (Å²) in [7, 11) is -4.61. The van der Waals surface area contributed by atoms with Crippen molar-refractivity contribution in [2.24, 2.45) is 0 Å². The van der Waals surface area contributed by atoms with Crippen LogP contribution in [0.3, 0.4) is 0 Å². The Hall–Kier alpha value is -3.33. The Balaban J connectivity index is 1.91. The number of carbonyl (C=O) groups excluding carboxylic acids is 4. The minimum atomic E-state index is -5.52. The summed E-state index contributed by atoms with van der Waals surface area (Å²) in [5.74, 6) is -5.15. The number of esters is 2. The molecular weight excluding hydrogens is 595 g/mol. The molecule has 2 aliphatic heterocycles. The summed E-state index contributed by atoms with van der Waals surface area (Å²) in [6.07, 6.45) is -11.1. The van der Waals surface area contributed by atoms with Gasteiger partial charge >= 0.3 is 25.9 Å². The number of ether oxygens (including phenoxy) is 3. The second kappa shape index (κ2) is 12.9. The molecule has 0 spiro atoms. The number of hydrogen-bond donors (Lipinski definition) is 1. The number of allylic oxidation sites excluding steroid dienone is 1. The molecule has 0 bridgehead atoms. The minimum Gasteiger partial charge on any atom is -0.462 e. The number of rotatable bonds is 11. The molecule has 1 fully saturated rings. The number of halogens is 4. The molecule has 2 aliphatic rings. The van der Waals surface area contributed by atoms with Crippen LogP contribution in [0.2, 0.25) is 0 Å². The first-order chi connectivity index (χ1) is 19.4. The Bertz CT molecular complexity index is 1260. The van der Waals surface area contributed by atoms with Crippen molar-refractivity contribution in [2.75, 3.05) is 6.61 Å². The molecule has 232 valence electrons. The van der Waals surface area contributed by atoms with E-state index in [1.165, 1.54) is 31.2 Å². The van der Waals surface area contributed by atoms with Crippen molar-refractivity contribution in [3.8, 4) is 5.75 Å². The maximum atomic E-state index is 16.1. The van der Waals surface area contributed by atoms with Gasteiger partial charge in [0.25, 0.3) is 0 Å². The number of nitrogens with zero attached hydrogens (tertiary/aromatic N) is 1. The molecule has 0 radical (unpaired) electrons. The van der Waals surface area contributed by atoms with Gasteiger partial charge in [0.05, 0.1) is 19.1 Å². The quantitative estimate of drug-likeness (QED) is 0.167. The van der Waals surface area contributed by atoms with Crippen molar-refractivity contribution in [3.63, 3.8) is 0 Å². The average Bonchev–Trinajstić information content (AvgIpc) is 3.11. The third-order valence-electron chi connectivity index (χ3n) is 5.87. The van der Waals surface area contributed by atoms with E-state index < -0.39 is 86.8 Å². The number of benzene rings is 1. The van der Waals surface area contributed by atoms with Crippen molar-refractivity contribution in [1.29, 1.82) is 0 Å². The van der Waals surface area contributed by atoms with Gasteiger partial charge < -0.3 is 18.7 Å². The number of nitrogens with one attached hydrogen (secondary N) is 1. The second-order valence-electron chi connectivity index (χ2n) is 9.80. The van der Waals surface area contributed by atoms with E-state index in [0.717, 1.165) is 19.2 Å². The van der Waals surface area contributed by atoms with Crippen LogP contribution in [0.1, 0.15) is 34.1 Å². The number of carbonyl (C=O) groups is 4. The van der Waals surface area contributed by atoms with Gasteiger partial charge in [0.15, 0.2) is 23.8 Å². The summed E-state index contributed by atoms with van der Waals surface area (Å²) >= 11 is 0. The molecule has 1 N–H and O–H groups in total. The molecule has 0 aliphatic carbocycles. The number of hydrogen-bond acceptors (Lipinski definition) is 10. The third-order valence-corrected chi connectivity index (χ3v) is 7.51. The number of alkyl halides is 4. The van der Waals surface area contributed by atoms with Crippen LogP contribution >= 0.6 is 7.75 Å². The smallest absolute Gasteiger partial charge is 0.462 e. The standard InChI is InChI=1S/C25H29F4N2O10P/c1-14(2)38-21(34)15(3)30-42(36,41-17-8-6-5-7-9-17)37-13-18-20(40-23(35)25(27,28)29)24(4,26)22(39-18)31-11-10-16(32)12-19(31)33/h5-11,14-15,18,20,22H,12-13H2,1-4H3,(H,30,36)/t15-,18+,20+,22+,24+,42-/m0/s1. The van der Waals surface area contributed by atoms with Crippen molar-refractivity contribution < 1.29 is 64.6 Å². The monoisotopic (exact) mass is 624 g/mol. The van der Waals surface area contributed by atoms with Gasteiger partial charge in [-0.1, -0.05) is 18.2 Å². The van der Waals surface area contributed by atoms with Crippen molar-refractivity contribution >= 4 is 31.4 Å². The highest BCUT2D eigenvalue weighted by Crippen LogP contribution is 2.47. The number of ketones is 1. The summed E-state index contributed by atoms with van der Waals surface area (Å²) in [6.45, 7) is 4.14. The van der Waals surface area contributed by atoms with E-state index in [0.29, 0.717) is 4.90 Å². The molecule has 12 nitrogen and oxygen atoms in total. The SMILES string of the molecule is CC(C)OC(=O)[C@H](C)N[P@](=O)(OC[C@H]1O[C@@H](N2C=CC(=O)CC2=O)[C@](C)(F)[C@@H]1OC(=O)C(F)(F)F)Oc1ccccc1. The minimum absolute atomic E-state index is 0.00734. The summed E-state index contributed by atoms with van der Waals surface area (Å²) in [5.41, 5.74) is -2.98. The number of para-hydroxylation sites is 1. The van der Waals surface area contributed by atoms with E-state index in [1.54, 1.807) is 19.9 Å². The molecule has 6 atom stereocenters. The topological polar surface area (TPSA) is 147 Å². The van der Waals surface area contributed by atoms with Crippen LogP contribution in [-0.2, 0) is 42.5 Å². The molecule has 1 aromatic rings. The molecule has 42 heavy (non-hydrogen) atoms. The van der Waals surface area contributed by atoms with E-state index in [1.807, 2.05) is 0 Å². The van der Waals surface area contributed by atoms with Gasteiger partial charge in [-0.2, -0.15) is 18.3 Å². The van der Waals surface area contributed by atoms with Gasteiger partial charge in [-0.25, -0.2) is 13.8 Å². The average molecular weight is 624 g/mol. The molecular formula is C25H29F4N2O10P. The Morgan fingerprint density at radius 3 is 2.40 bits per heavy atom. The lowest BCUT2D eigenvalue weighted by molar-refractivity contribution is -0.211. The van der Waals surface area contributed by atoms with E-state index in [9.17, 15) is 36.9 Å². The van der Waals surface area contributed by atoms with Gasteiger partial charge in [-0.05, 0) is 45.9 Å². The van der Waals surface area contributed by atoms with Crippen molar-refractivity contribution in [1.82, 2.24) is 9.99 Å². The predicted octanol–water partition coefficient (Wildman–Crippen LogP) is 3.36. The van der Waals surface area contributed by atoms with Gasteiger partial charge in [-0.3, -0.25) is 23.8 Å². The van der Waals surface area contributed by atoms with Crippen LogP contribution in [-0.4, -0.2) is 77.6 Å². The fraction of sp³-hybridized carbons (Fsp3) is 0.520. The van der Waals surface area contributed by atoms with Crippen molar-refractivity contribution in [3.05, 3.63) is 42.6 Å².